The van der Waals surface area contributed by atoms with Gasteiger partial charge in [-0.1, -0.05) is 53.5 Å². The quantitative estimate of drug-likeness (QED) is 0.469. The van der Waals surface area contributed by atoms with Crippen LogP contribution in [0.4, 0.5) is 4.39 Å². The largest absolute Gasteiger partial charge is 0.486 e. The van der Waals surface area contributed by atoms with Gasteiger partial charge in [-0.05, 0) is 24.3 Å². The van der Waals surface area contributed by atoms with Crippen molar-refractivity contribution in [1.29, 1.82) is 0 Å². The highest BCUT2D eigenvalue weighted by Crippen LogP contribution is 2.35. The van der Waals surface area contributed by atoms with E-state index in [1.807, 2.05) is 0 Å². The van der Waals surface area contributed by atoms with Crippen LogP contribution in [0.5, 0.6) is 5.75 Å². The maximum Gasteiger partial charge on any atom is 0.338 e. The number of rotatable bonds is 6. The topological polar surface area (TPSA) is 35.5 Å². The summed E-state index contributed by atoms with van der Waals surface area (Å²) in [7, 11) is 0. The Bertz CT molecular complexity index is 755. The van der Waals surface area contributed by atoms with E-state index in [-0.39, 0.29) is 39.6 Å². The van der Waals surface area contributed by atoms with Gasteiger partial charge in [-0.15, -0.1) is 0 Å². The van der Waals surface area contributed by atoms with Crippen molar-refractivity contribution in [3.63, 3.8) is 0 Å². The molecule has 0 fully saturated rings. The standard InChI is InChI=1S/C17H12Cl3FO3/c1-2-5-23-17(22)11-6-14(19)16(15(20)7-11)24-9-10-3-4-12(21)8-13(10)18/h2-4,6-8H,1,5,9H2. The molecule has 126 valence electrons. The molecule has 2 rings (SSSR count). The minimum atomic E-state index is -0.577. The number of esters is 1. The normalized spacial score (nSPS) is 10.3. The first-order chi connectivity index (χ1) is 11.4. The number of carbonyl (C=O) groups is 1. The van der Waals surface area contributed by atoms with Crippen LogP contribution in [-0.4, -0.2) is 12.6 Å². The lowest BCUT2D eigenvalue weighted by molar-refractivity contribution is 0.0549. The van der Waals surface area contributed by atoms with Gasteiger partial charge >= 0.3 is 5.97 Å². The summed E-state index contributed by atoms with van der Waals surface area (Å²) in [4.78, 5) is 11.8. The van der Waals surface area contributed by atoms with Crippen molar-refractivity contribution < 1.29 is 18.7 Å². The van der Waals surface area contributed by atoms with Crippen LogP contribution in [0.2, 0.25) is 15.1 Å². The molecule has 0 aromatic heterocycles. The van der Waals surface area contributed by atoms with Crippen LogP contribution in [0.25, 0.3) is 0 Å². The van der Waals surface area contributed by atoms with Gasteiger partial charge < -0.3 is 9.47 Å². The second-order valence-corrected chi connectivity index (χ2v) is 5.90. The number of benzene rings is 2. The summed E-state index contributed by atoms with van der Waals surface area (Å²) in [5, 5.41) is 0.518. The van der Waals surface area contributed by atoms with Crippen molar-refractivity contribution in [2.45, 2.75) is 6.61 Å². The van der Waals surface area contributed by atoms with Gasteiger partial charge in [0, 0.05) is 5.56 Å². The zero-order valence-corrected chi connectivity index (χ0v) is 14.6. The summed E-state index contributed by atoms with van der Waals surface area (Å²) in [5.74, 6) is -0.826. The second-order valence-electron chi connectivity index (χ2n) is 4.68. The van der Waals surface area contributed by atoms with Gasteiger partial charge in [0.2, 0.25) is 0 Å². The van der Waals surface area contributed by atoms with E-state index in [4.69, 9.17) is 44.3 Å². The maximum absolute atomic E-state index is 13.0. The summed E-state index contributed by atoms with van der Waals surface area (Å²) in [5.41, 5.74) is 0.763. The average molecular weight is 390 g/mol. The van der Waals surface area contributed by atoms with Gasteiger partial charge in [-0.2, -0.15) is 0 Å². The molecule has 0 bridgehead atoms. The van der Waals surface area contributed by atoms with Crippen molar-refractivity contribution in [2.24, 2.45) is 0 Å². The molecule has 0 aliphatic heterocycles. The number of carbonyl (C=O) groups excluding carboxylic acids is 1. The molecule has 0 saturated heterocycles. The smallest absolute Gasteiger partial charge is 0.338 e. The van der Waals surface area contributed by atoms with E-state index in [1.165, 1.54) is 36.4 Å². The molecule has 0 unspecified atom stereocenters. The van der Waals surface area contributed by atoms with Crippen LogP contribution in [-0.2, 0) is 11.3 Å². The van der Waals surface area contributed by atoms with Crippen molar-refractivity contribution >= 4 is 40.8 Å². The molecule has 0 radical (unpaired) electrons. The molecule has 3 nitrogen and oxygen atoms in total. The van der Waals surface area contributed by atoms with E-state index in [9.17, 15) is 9.18 Å². The number of hydrogen-bond acceptors (Lipinski definition) is 3. The lowest BCUT2D eigenvalue weighted by Crippen LogP contribution is -2.06. The average Bonchev–Trinajstić information content (AvgIpc) is 2.53. The van der Waals surface area contributed by atoms with E-state index in [0.29, 0.717) is 5.56 Å². The molecule has 0 aliphatic rings. The summed E-state index contributed by atoms with van der Waals surface area (Å²) >= 11 is 18.2. The van der Waals surface area contributed by atoms with Crippen LogP contribution < -0.4 is 4.74 Å². The van der Waals surface area contributed by atoms with E-state index in [1.54, 1.807) is 0 Å². The van der Waals surface area contributed by atoms with Crippen LogP contribution in [0.15, 0.2) is 43.0 Å². The lowest BCUT2D eigenvalue weighted by Gasteiger charge is -2.12. The third kappa shape index (κ3) is 4.63. The van der Waals surface area contributed by atoms with Crippen molar-refractivity contribution in [3.8, 4) is 5.75 Å². The first-order valence-electron chi connectivity index (χ1n) is 6.76. The Morgan fingerprint density at radius 1 is 1.12 bits per heavy atom. The molecular formula is C17H12Cl3FO3. The molecule has 0 heterocycles. The number of halogens is 4. The van der Waals surface area contributed by atoms with Crippen LogP contribution >= 0.6 is 34.8 Å². The van der Waals surface area contributed by atoms with Gasteiger partial charge in [0.25, 0.3) is 0 Å². The van der Waals surface area contributed by atoms with Crippen LogP contribution in [0, 0.1) is 5.82 Å². The third-order valence-corrected chi connectivity index (χ3v) is 3.87. The molecule has 7 heteroatoms. The van der Waals surface area contributed by atoms with Gasteiger partial charge in [0.15, 0.2) is 5.75 Å². The van der Waals surface area contributed by atoms with Crippen LogP contribution in [0.1, 0.15) is 15.9 Å². The van der Waals surface area contributed by atoms with Gasteiger partial charge in [-0.25, -0.2) is 9.18 Å². The SMILES string of the molecule is C=CCOC(=O)c1cc(Cl)c(OCc2ccc(F)cc2Cl)c(Cl)c1. The van der Waals surface area contributed by atoms with E-state index >= 15 is 0 Å². The minimum Gasteiger partial charge on any atom is -0.486 e. The predicted molar refractivity (Wildman–Crippen MR) is 92.7 cm³/mol. The lowest BCUT2D eigenvalue weighted by atomic mass is 10.2. The monoisotopic (exact) mass is 388 g/mol. The Morgan fingerprint density at radius 3 is 2.38 bits per heavy atom. The fraction of sp³-hybridized carbons (Fsp3) is 0.118. The zero-order chi connectivity index (χ0) is 17.7. The summed E-state index contributed by atoms with van der Waals surface area (Å²) < 4.78 is 23.5. The molecule has 0 atom stereocenters. The summed E-state index contributed by atoms with van der Waals surface area (Å²) in [6.45, 7) is 3.58. The van der Waals surface area contributed by atoms with Gasteiger partial charge in [0.1, 0.15) is 19.0 Å². The highest BCUT2D eigenvalue weighted by atomic mass is 35.5. The van der Waals surface area contributed by atoms with Crippen LogP contribution in [0.3, 0.4) is 0 Å². The Morgan fingerprint density at radius 2 is 1.79 bits per heavy atom. The zero-order valence-electron chi connectivity index (χ0n) is 12.3. The van der Waals surface area contributed by atoms with E-state index in [0.717, 1.165) is 0 Å². The Hall–Kier alpha value is -1.75. The predicted octanol–water partition coefficient (Wildman–Crippen LogP) is 5.71. The molecule has 2 aromatic rings. The minimum absolute atomic E-state index is 0.0405. The van der Waals surface area contributed by atoms with Crippen molar-refractivity contribution in [1.82, 2.24) is 0 Å². The van der Waals surface area contributed by atoms with Crippen molar-refractivity contribution in [3.05, 3.63) is 75.0 Å². The van der Waals surface area contributed by atoms with Gasteiger partial charge in [0.05, 0.1) is 20.6 Å². The molecule has 0 aliphatic carbocycles. The highest BCUT2D eigenvalue weighted by molar-refractivity contribution is 6.37. The highest BCUT2D eigenvalue weighted by Gasteiger charge is 2.15. The Labute approximate surface area is 153 Å². The van der Waals surface area contributed by atoms with Crippen molar-refractivity contribution in [2.75, 3.05) is 6.61 Å². The molecule has 0 amide bonds. The Kier molecular flexibility index (Phi) is 6.49. The van der Waals surface area contributed by atoms with Gasteiger partial charge in [-0.3, -0.25) is 0 Å². The Balaban J connectivity index is 2.16. The maximum atomic E-state index is 13.0. The second kappa shape index (κ2) is 8.38. The first-order valence-corrected chi connectivity index (χ1v) is 7.89. The summed E-state index contributed by atoms with van der Waals surface area (Å²) in [6.07, 6.45) is 1.45. The molecule has 0 saturated carbocycles. The number of hydrogen-bond donors (Lipinski definition) is 0. The van der Waals surface area contributed by atoms with E-state index in [2.05, 4.69) is 6.58 Å². The molecule has 2 aromatic carbocycles. The number of ether oxygens (including phenoxy) is 2. The summed E-state index contributed by atoms with van der Waals surface area (Å²) in [6, 6.07) is 6.73. The first kappa shape index (κ1) is 18.6. The molecule has 24 heavy (non-hydrogen) atoms. The molecule has 0 spiro atoms. The molecular weight excluding hydrogens is 378 g/mol. The van der Waals surface area contributed by atoms with E-state index < -0.39 is 11.8 Å². The fourth-order valence-corrected chi connectivity index (χ4v) is 2.64. The third-order valence-electron chi connectivity index (χ3n) is 2.95. The fourth-order valence-electron chi connectivity index (χ4n) is 1.82. The molecule has 0 N–H and O–H groups in total.